The van der Waals surface area contributed by atoms with Crippen molar-refractivity contribution in [3.63, 3.8) is 0 Å². The van der Waals surface area contributed by atoms with Crippen LogP contribution in [0.2, 0.25) is 0 Å². The van der Waals surface area contributed by atoms with Gasteiger partial charge in [-0.25, -0.2) is 4.79 Å². The SMILES string of the molecule is CC.CC.CC(C)C(C)CCCCn1c(=O)c2c(nc3n2CCCN3)n(C)c1=O. The Bertz CT molecular complexity index is 876. The molecule has 0 fully saturated rings. The van der Waals surface area contributed by atoms with Crippen LogP contribution >= 0.6 is 0 Å². The van der Waals surface area contributed by atoms with Crippen LogP contribution in [0.3, 0.4) is 0 Å². The Morgan fingerprint density at radius 3 is 2.34 bits per heavy atom. The summed E-state index contributed by atoms with van der Waals surface area (Å²) in [6.45, 7) is 16.8. The predicted molar refractivity (Wildman–Crippen MR) is 123 cm³/mol. The molecule has 2 aromatic heterocycles. The van der Waals surface area contributed by atoms with Gasteiger partial charge < -0.3 is 9.88 Å². The number of aryl methyl sites for hydroxylation is 2. The van der Waals surface area contributed by atoms with Crippen molar-refractivity contribution < 1.29 is 0 Å². The van der Waals surface area contributed by atoms with Gasteiger partial charge in [-0.15, -0.1) is 0 Å². The van der Waals surface area contributed by atoms with E-state index in [1.807, 2.05) is 32.3 Å². The molecule has 1 aliphatic rings. The zero-order valence-electron chi connectivity index (χ0n) is 19.7. The number of nitrogens with zero attached hydrogens (tertiary/aromatic N) is 4. The Morgan fingerprint density at radius 2 is 1.72 bits per heavy atom. The molecule has 2 aromatic rings. The van der Waals surface area contributed by atoms with Gasteiger partial charge in [0.2, 0.25) is 5.95 Å². The fourth-order valence-electron chi connectivity index (χ4n) is 3.43. The molecular formula is C22H41N5O2. The van der Waals surface area contributed by atoms with Crippen LogP contribution in [0, 0.1) is 11.8 Å². The van der Waals surface area contributed by atoms with Crippen molar-refractivity contribution in [3.8, 4) is 0 Å². The van der Waals surface area contributed by atoms with Crippen LogP contribution in [0.15, 0.2) is 9.59 Å². The van der Waals surface area contributed by atoms with Gasteiger partial charge in [0.1, 0.15) is 0 Å². The molecule has 29 heavy (non-hydrogen) atoms. The van der Waals surface area contributed by atoms with Gasteiger partial charge in [-0.1, -0.05) is 61.3 Å². The minimum absolute atomic E-state index is 0.211. The van der Waals surface area contributed by atoms with Crippen LogP contribution in [0.4, 0.5) is 5.95 Å². The van der Waals surface area contributed by atoms with Gasteiger partial charge in [-0.3, -0.25) is 13.9 Å². The molecule has 0 amide bonds. The van der Waals surface area contributed by atoms with E-state index in [4.69, 9.17) is 0 Å². The lowest BCUT2D eigenvalue weighted by Crippen LogP contribution is -2.39. The summed E-state index contributed by atoms with van der Waals surface area (Å²) >= 11 is 0. The first-order valence-corrected chi connectivity index (χ1v) is 11.4. The van der Waals surface area contributed by atoms with E-state index in [0.29, 0.717) is 35.5 Å². The molecule has 0 saturated heterocycles. The van der Waals surface area contributed by atoms with Gasteiger partial charge in [0, 0.05) is 26.7 Å². The summed E-state index contributed by atoms with van der Waals surface area (Å²) in [7, 11) is 1.69. The molecule has 0 aromatic carbocycles. The topological polar surface area (TPSA) is 73.8 Å². The first-order valence-electron chi connectivity index (χ1n) is 11.4. The Balaban J connectivity index is 0.000000989. The molecule has 1 aliphatic heterocycles. The molecule has 1 N–H and O–H groups in total. The van der Waals surface area contributed by atoms with E-state index < -0.39 is 0 Å². The largest absolute Gasteiger partial charge is 0.356 e. The number of unbranched alkanes of at least 4 members (excludes halogenated alkanes) is 1. The number of nitrogens with one attached hydrogen (secondary N) is 1. The Morgan fingerprint density at radius 1 is 1.07 bits per heavy atom. The van der Waals surface area contributed by atoms with E-state index in [2.05, 4.69) is 31.1 Å². The molecule has 0 aliphatic carbocycles. The first-order chi connectivity index (χ1) is 13.9. The predicted octanol–water partition coefficient (Wildman–Crippen LogP) is 4.23. The van der Waals surface area contributed by atoms with Gasteiger partial charge in [0.25, 0.3) is 5.56 Å². The van der Waals surface area contributed by atoms with Gasteiger partial charge in [0.05, 0.1) is 0 Å². The summed E-state index contributed by atoms with van der Waals surface area (Å²) in [6.07, 6.45) is 3.95. The molecule has 7 heteroatoms. The molecule has 3 rings (SSSR count). The lowest BCUT2D eigenvalue weighted by Gasteiger charge is -2.16. The highest BCUT2D eigenvalue weighted by Gasteiger charge is 2.21. The van der Waals surface area contributed by atoms with Gasteiger partial charge in [-0.2, -0.15) is 4.98 Å². The summed E-state index contributed by atoms with van der Waals surface area (Å²) in [5.74, 6) is 2.02. The van der Waals surface area contributed by atoms with Crippen LogP contribution in [0.1, 0.15) is 74.1 Å². The van der Waals surface area contributed by atoms with Crippen molar-refractivity contribution in [3.05, 3.63) is 20.8 Å². The second-order valence-corrected chi connectivity index (χ2v) is 7.56. The standard InChI is InChI=1S/C18H29N5O2.2C2H6/c1-12(2)13(3)8-5-6-10-23-16(24)14-15(21(4)18(23)25)20-17-19-9-7-11-22(14)17;2*1-2/h12-13H,5-11H2,1-4H3,(H,19,20);2*1-2H3. The molecular weight excluding hydrogens is 366 g/mol. The number of hydrogen-bond donors (Lipinski definition) is 1. The highest BCUT2D eigenvalue weighted by Crippen LogP contribution is 2.19. The van der Waals surface area contributed by atoms with Crippen molar-refractivity contribution in [2.45, 2.75) is 87.2 Å². The third-order valence-corrected chi connectivity index (χ3v) is 5.50. The highest BCUT2D eigenvalue weighted by molar-refractivity contribution is 5.74. The van der Waals surface area contributed by atoms with Crippen LogP contribution in [-0.2, 0) is 20.1 Å². The zero-order valence-corrected chi connectivity index (χ0v) is 19.7. The maximum atomic E-state index is 12.9. The van der Waals surface area contributed by atoms with E-state index in [1.54, 1.807) is 7.05 Å². The fraction of sp³-hybridized carbons (Fsp3) is 0.773. The van der Waals surface area contributed by atoms with Gasteiger partial charge >= 0.3 is 5.69 Å². The van der Waals surface area contributed by atoms with Crippen LogP contribution in [-0.4, -0.2) is 25.2 Å². The fourth-order valence-corrected chi connectivity index (χ4v) is 3.43. The van der Waals surface area contributed by atoms with Crippen molar-refractivity contribution in [1.82, 2.24) is 18.7 Å². The Labute approximate surface area is 175 Å². The molecule has 0 saturated carbocycles. The van der Waals surface area contributed by atoms with Crippen LogP contribution < -0.4 is 16.6 Å². The van der Waals surface area contributed by atoms with Crippen LogP contribution in [0.25, 0.3) is 11.2 Å². The quantitative estimate of drug-likeness (QED) is 0.727. The molecule has 166 valence electrons. The lowest BCUT2D eigenvalue weighted by atomic mass is 9.93. The molecule has 1 atom stereocenters. The van der Waals surface area contributed by atoms with E-state index >= 15 is 0 Å². The second-order valence-electron chi connectivity index (χ2n) is 7.56. The molecule has 0 spiro atoms. The average Bonchev–Trinajstić information content (AvgIpc) is 3.14. The smallest absolute Gasteiger partial charge is 0.332 e. The normalized spacial score (nSPS) is 13.7. The maximum Gasteiger partial charge on any atom is 0.332 e. The minimum Gasteiger partial charge on any atom is -0.356 e. The van der Waals surface area contributed by atoms with Gasteiger partial charge in [0.15, 0.2) is 11.2 Å². The molecule has 1 unspecified atom stereocenters. The Kier molecular flexibility index (Phi) is 10.2. The summed E-state index contributed by atoms with van der Waals surface area (Å²) in [5.41, 5.74) is 0.534. The van der Waals surface area contributed by atoms with Crippen molar-refractivity contribution in [2.24, 2.45) is 18.9 Å². The number of aromatic nitrogens is 4. The number of imidazole rings is 1. The summed E-state index contributed by atoms with van der Waals surface area (Å²) in [6, 6.07) is 0. The maximum absolute atomic E-state index is 12.9. The molecule has 3 heterocycles. The lowest BCUT2D eigenvalue weighted by molar-refractivity contribution is 0.371. The van der Waals surface area contributed by atoms with Crippen molar-refractivity contribution in [1.29, 1.82) is 0 Å². The summed E-state index contributed by atoms with van der Waals surface area (Å²) in [5, 5.41) is 3.21. The summed E-state index contributed by atoms with van der Waals surface area (Å²) < 4.78 is 4.80. The number of rotatable bonds is 6. The zero-order chi connectivity index (χ0) is 22.1. The third kappa shape index (κ3) is 5.52. The number of anilines is 1. The van der Waals surface area contributed by atoms with Crippen LogP contribution in [0.5, 0.6) is 0 Å². The third-order valence-electron chi connectivity index (χ3n) is 5.50. The second kappa shape index (κ2) is 11.8. The number of fused-ring (bicyclic) bond motifs is 3. The van der Waals surface area contributed by atoms with E-state index in [1.165, 1.54) is 9.13 Å². The minimum atomic E-state index is -0.273. The average molecular weight is 408 g/mol. The monoisotopic (exact) mass is 407 g/mol. The number of hydrogen-bond acceptors (Lipinski definition) is 4. The first kappa shape index (κ1) is 25.0. The highest BCUT2D eigenvalue weighted by atomic mass is 16.2. The molecule has 0 radical (unpaired) electrons. The van der Waals surface area contributed by atoms with E-state index in [-0.39, 0.29) is 11.2 Å². The van der Waals surface area contributed by atoms with Crippen molar-refractivity contribution in [2.75, 3.05) is 11.9 Å². The van der Waals surface area contributed by atoms with E-state index in [9.17, 15) is 9.59 Å². The van der Waals surface area contributed by atoms with E-state index in [0.717, 1.165) is 38.8 Å². The molecule has 0 bridgehead atoms. The van der Waals surface area contributed by atoms with Crippen molar-refractivity contribution >= 4 is 17.1 Å². The summed E-state index contributed by atoms with van der Waals surface area (Å²) in [4.78, 5) is 30.0. The van der Waals surface area contributed by atoms with Gasteiger partial charge in [-0.05, 0) is 24.7 Å². The molecule has 7 nitrogen and oxygen atoms in total. The Hall–Kier alpha value is -2.05.